The molecule has 10 nitrogen and oxygen atoms in total. The molecule has 0 fully saturated rings. The summed E-state index contributed by atoms with van der Waals surface area (Å²) >= 11 is 0. The lowest BCUT2D eigenvalue weighted by Gasteiger charge is -2.06. The molecule has 0 bridgehead atoms. The molecule has 0 heterocycles. The largest absolute Gasteiger partial charge is 0.694 e. The van der Waals surface area contributed by atoms with Crippen LogP contribution >= 0.6 is 16.5 Å². The Morgan fingerprint density at radius 1 is 0.792 bits per heavy atom. The van der Waals surface area contributed by atoms with Crippen LogP contribution in [-0.2, 0) is 27.8 Å². The first-order valence-corrected chi connectivity index (χ1v) is 9.79. The van der Waals surface area contributed by atoms with Gasteiger partial charge in [0.1, 0.15) is 13.2 Å². The second-order valence-electron chi connectivity index (χ2n) is 4.79. The molecule has 0 aromatic rings. The van der Waals surface area contributed by atoms with E-state index in [2.05, 4.69) is 19.7 Å². The summed E-state index contributed by atoms with van der Waals surface area (Å²) in [6.45, 7) is 0.618. The molecular formula is C12H24N2O8P2+2. The standard InChI is InChI=1S/C12H22N2O8P2/c15-11(6-2-1-4-8-21-23(17)18)14-10-12(16)13-7-3-5-9-22-24(19)20/h1-10H2,(H2-2,13,14,15,16,17,18,19,20)/p+2. The maximum atomic E-state index is 11.5. The fourth-order valence-electron chi connectivity index (χ4n) is 1.63. The summed E-state index contributed by atoms with van der Waals surface area (Å²) in [6.07, 6.45) is 3.29. The van der Waals surface area contributed by atoms with E-state index >= 15 is 0 Å². The molecule has 2 amide bonds. The van der Waals surface area contributed by atoms with E-state index in [1.165, 1.54) is 0 Å². The third-order valence-electron chi connectivity index (χ3n) is 2.79. The van der Waals surface area contributed by atoms with E-state index in [0.29, 0.717) is 38.6 Å². The molecule has 4 N–H and O–H groups in total. The fraction of sp³-hybridized carbons (Fsp3) is 0.833. The molecule has 0 aliphatic rings. The molecule has 0 saturated carbocycles. The van der Waals surface area contributed by atoms with Crippen LogP contribution in [0.5, 0.6) is 0 Å². The van der Waals surface area contributed by atoms with Gasteiger partial charge in [-0.25, -0.2) is 0 Å². The molecule has 2 unspecified atom stereocenters. The van der Waals surface area contributed by atoms with E-state index in [1.54, 1.807) is 0 Å². The smallest absolute Gasteiger partial charge is 0.355 e. The molecule has 138 valence electrons. The lowest BCUT2D eigenvalue weighted by Crippen LogP contribution is -2.37. The highest BCUT2D eigenvalue weighted by molar-refractivity contribution is 7.32. The summed E-state index contributed by atoms with van der Waals surface area (Å²) in [5.41, 5.74) is 0. The number of hydrogen-bond donors (Lipinski definition) is 4. The fourth-order valence-corrected chi connectivity index (χ4v) is 2.20. The topological polar surface area (TPSA) is 151 Å². The highest BCUT2D eigenvalue weighted by Gasteiger charge is 2.11. The third kappa shape index (κ3) is 17.3. The molecule has 0 aliphatic heterocycles. The van der Waals surface area contributed by atoms with Crippen LogP contribution in [0.4, 0.5) is 0 Å². The van der Waals surface area contributed by atoms with E-state index in [1.807, 2.05) is 0 Å². The minimum absolute atomic E-state index is 0.105. The Kier molecular flexibility index (Phi) is 14.8. The maximum absolute atomic E-state index is 11.5. The van der Waals surface area contributed by atoms with Crippen LogP contribution in [0.25, 0.3) is 0 Å². The van der Waals surface area contributed by atoms with Gasteiger partial charge in [0.05, 0.1) is 6.54 Å². The highest BCUT2D eigenvalue weighted by Crippen LogP contribution is 2.15. The van der Waals surface area contributed by atoms with Crippen LogP contribution in [0.1, 0.15) is 38.5 Å². The van der Waals surface area contributed by atoms with Crippen molar-refractivity contribution in [2.75, 3.05) is 26.3 Å². The van der Waals surface area contributed by atoms with Gasteiger partial charge >= 0.3 is 16.5 Å². The van der Waals surface area contributed by atoms with Gasteiger partial charge in [-0.1, -0.05) is 6.42 Å². The Balaban J connectivity index is 3.43. The summed E-state index contributed by atoms with van der Waals surface area (Å²) < 4.78 is 29.4. The van der Waals surface area contributed by atoms with Crippen molar-refractivity contribution in [2.24, 2.45) is 0 Å². The molecule has 0 aliphatic carbocycles. The number of hydrogen-bond acceptors (Lipinski definition) is 6. The number of nitrogens with one attached hydrogen (secondary N) is 2. The quantitative estimate of drug-likeness (QED) is 0.239. The number of rotatable bonds is 15. The van der Waals surface area contributed by atoms with Crippen molar-refractivity contribution in [3.63, 3.8) is 0 Å². The summed E-state index contributed by atoms with van der Waals surface area (Å²) in [5.74, 6) is -0.544. The molecule has 0 aromatic heterocycles. The van der Waals surface area contributed by atoms with Crippen LogP contribution in [-0.4, -0.2) is 47.9 Å². The Bertz CT molecular complexity index is 384. The zero-order chi connectivity index (χ0) is 18.2. The zero-order valence-corrected chi connectivity index (χ0v) is 15.1. The van der Waals surface area contributed by atoms with E-state index < -0.39 is 16.5 Å². The highest BCUT2D eigenvalue weighted by atomic mass is 31.1. The Morgan fingerprint density at radius 3 is 1.96 bits per heavy atom. The molecule has 0 spiro atoms. The number of amides is 2. The van der Waals surface area contributed by atoms with Crippen LogP contribution in [0.15, 0.2) is 0 Å². The zero-order valence-electron chi connectivity index (χ0n) is 13.3. The second-order valence-corrected chi connectivity index (χ2v) is 6.25. The van der Waals surface area contributed by atoms with Gasteiger partial charge in [-0.3, -0.25) is 9.59 Å². The third-order valence-corrected chi connectivity index (χ3v) is 3.60. The Morgan fingerprint density at radius 2 is 1.38 bits per heavy atom. The lowest BCUT2D eigenvalue weighted by molar-refractivity contribution is -0.126. The molecule has 0 aromatic carbocycles. The average molecular weight is 386 g/mol. The van der Waals surface area contributed by atoms with Crippen molar-refractivity contribution in [1.82, 2.24) is 10.6 Å². The van der Waals surface area contributed by atoms with E-state index in [4.69, 9.17) is 9.79 Å². The van der Waals surface area contributed by atoms with Gasteiger partial charge in [0, 0.05) is 22.1 Å². The van der Waals surface area contributed by atoms with Crippen LogP contribution in [0, 0.1) is 0 Å². The van der Waals surface area contributed by atoms with Gasteiger partial charge < -0.3 is 10.6 Å². The minimum atomic E-state index is -2.57. The van der Waals surface area contributed by atoms with E-state index in [9.17, 15) is 18.7 Å². The number of carbonyl (C=O) groups is 2. The number of unbranched alkanes of at least 4 members (excludes halogenated alkanes) is 3. The summed E-state index contributed by atoms with van der Waals surface area (Å²) in [4.78, 5) is 39.7. The first-order chi connectivity index (χ1) is 11.4. The van der Waals surface area contributed by atoms with Gasteiger partial charge in [-0.15, -0.1) is 18.8 Å². The van der Waals surface area contributed by atoms with Crippen LogP contribution in [0.3, 0.4) is 0 Å². The first kappa shape index (κ1) is 23.0. The molecule has 0 radical (unpaired) electrons. The van der Waals surface area contributed by atoms with Crippen molar-refractivity contribution in [3.05, 3.63) is 0 Å². The van der Waals surface area contributed by atoms with Gasteiger partial charge in [0.25, 0.3) is 0 Å². The molecule has 2 atom stereocenters. The van der Waals surface area contributed by atoms with Crippen LogP contribution < -0.4 is 10.6 Å². The monoisotopic (exact) mass is 386 g/mol. The first-order valence-electron chi connectivity index (χ1n) is 7.53. The van der Waals surface area contributed by atoms with Gasteiger partial charge in [-0.2, -0.15) is 0 Å². The average Bonchev–Trinajstić information content (AvgIpc) is 2.51. The van der Waals surface area contributed by atoms with Crippen molar-refractivity contribution in [3.8, 4) is 0 Å². The molecule has 0 saturated heterocycles. The van der Waals surface area contributed by atoms with Crippen LogP contribution in [0.2, 0.25) is 0 Å². The van der Waals surface area contributed by atoms with Crippen molar-refractivity contribution < 1.29 is 37.6 Å². The van der Waals surface area contributed by atoms with E-state index in [-0.39, 0.29) is 38.0 Å². The minimum Gasteiger partial charge on any atom is -0.355 e. The maximum Gasteiger partial charge on any atom is 0.694 e. The lowest BCUT2D eigenvalue weighted by atomic mass is 10.2. The van der Waals surface area contributed by atoms with Crippen molar-refractivity contribution in [2.45, 2.75) is 38.5 Å². The predicted molar refractivity (Wildman–Crippen MR) is 85.3 cm³/mol. The summed E-state index contributed by atoms with van der Waals surface area (Å²) in [6, 6.07) is 0. The van der Waals surface area contributed by atoms with Crippen molar-refractivity contribution in [1.29, 1.82) is 0 Å². The van der Waals surface area contributed by atoms with E-state index in [0.717, 1.165) is 0 Å². The van der Waals surface area contributed by atoms with Gasteiger partial charge in [-0.05, 0) is 25.7 Å². The Hall–Kier alpha value is -1.02. The SMILES string of the molecule is O=C(CCCCCO[P+](=O)O)NCC(=O)NCCCCO[P+](=O)O. The van der Waals surface area contributed by atoms with Gasteiger partial charge in [0.2, 0.25) is 11.8 Å². The van der Waals surface area contributed by atoms with Gasteiger partial charge in [0.15, 0.2) is 0 Å². The van der Waals surface area contributed by atoms with Crippen molar-refractivity contribution >= 4 is 28.3 Å². The molecule has 0 rings (SSSR count). The predicted octanol–water partition coefficient (Wildman–Crippen LogP) is 0.892. The second kappa shape index (κ2) is 15.5. The summed E-state index contributed by atoms with van der Waals surface area (Å²) in [7, 11) is -5.14. The molecular weight excluding hydrogens is 362 g/mol. The Labute approximate surface area is 142 Å². The normalized spacial score (nSPS) is 11.8. The molecule has 12 heteroatoms. The number of carbonyl (C=O) groups excluding carboxylic acids is 2. The molecule has 24 heavy (non-hydrogen) atoms. The summed E-state index contributed by atoms with van der Waals surface area (Å²) in [5, 5.41) is 5.10.